The predicted molar refractivity (Wildman–Crippen MR) is 141 cm³/mol. The van der Waals surface area contributed by atoms with Gasteiger partial charge in [0.2, 0.25) is 5.91 Å². The van der Waals surface area contributed by atoms with Gasteiger partial charge in [0.25, 0.3) is 11.8 Å². The maximum absolute atomic E-state index is 12.7. The van der Waals surface area contributed by atoms with Crippen molar-refractivity contribution in [1.82, 2.24) is 20.4 Å². The van der Waals surface area contributed by atoms with Crippen LogP contribution in [0.1, 0.15) is 21.5 Å². The normalized spacial score (nSPS) is 19.4. The number of rotatable bonds is 6. The topological polar surface area (TPSA) is 114 Å². The standard InChI is InChI=1S/C27H28N6O4/c1-31-11-13-32(14-12-31)20-7-5-19(6-8-20)28-16-23-22-15-18(4-9-21(22)25(35)30-26(23)36)3-2-10-33-17-24(34)29-27(33)37/h2-9,15-16,28H,10-14,17H2,1H3,(H,29,34,37)(H,30,35,36). The Morgan fingerprint density at radius 3 is 2.35 bits per heavy atom. The van der Waals surface area contributed by atoms with Gasteiger partial charge in [-0.3, -0.25) is 25.0 Å². The third-order valence-electron chi connectivity index (χ3n) is 6.67. The molecule has 3 N–H and O–H groups in total. The van der Waals surface area contributed by atoms with Gasteiger partial charge in [0, 0.05) is 61.4 Å². The summed E-state index contributed by atoms with van der Waals surface area (Å²) in [6, 6.07) is 12.8. The third kappa shape index (κ3) is 5.39. The molecule has 37 heavy (non-hydrogen) atoms. The van der Waals surface area contributed by atoms with E-state index >= 15 is 0 Å². The van der Waals surface area contributed by atoms with E-state index < -0.39 is 17.8 Å². The minimum absolute atomic E-state index is 0.0247. The van der Waals surface area contributed by atoms with Gasteiger partial charge in [0.15, 0.2) is 0 Å². The maximum atomic E-state index is 12.7. The number of imide groups is 2. The molecule has 2 aromatic rings. The van der Waals surface area contributed by atoms with Gasteiger partial charge in [-0.05, 0) is 49.0 Å². The highest BCUT2D eigenvalue weighted by atomic mass is 16.2. The number of likely N-dealkylation sites (N-methyl/N-ethyl adjacent to an activating group) is 1. The quantitative estimate of drug-likeness (QED) is 0.314. The van der Waals surface area contributed by atoms with E-state index in [1.165, 1.54) is 4.90 Å². The molecule has 0 atom stereocenters. The second-order valence-corrected chi connectivity index (χ2v) is 9.26. The van der Waals surface area contributed by atoms with Crippen LogP contribution in [0.15, 0.2) is 54.7 Å². The Bertz CT molecular complexity index is 1310. The van der Waals surface area contributed by atoms with Crippen molar-refractivity contribution in [3.05, 3.63) is 71.4 Å². The Labute approximate surface area is 214 Å². The number of anilines is 2. The number of nitrogens with zero attached hydrogens (tertiary/aromatic N) is 3. The lowest BCUT2D eigenvalue weighted by Crippen LogP contribution is -2.44. The van der Waals surface area contributed by atoms with E-state index in [0.29, 0.717) is 16.7 Å². The summed E-state index contributed by atoms with van der Waals surface area (Å²) in [6.45, 7) is 4.32. The molecule has 0 bridgehead atoms. The minimum Gasteiger partial charge on any atom is -0.369 e. The number of hydrogen-bond donors (Lipinski definition) is 3. The summed E-state index contributed by atoms with van der Waals surface area (Å²) in [6.07, 6.45) is 5.16. The second kappa shape index (κ2) is 10.3. The van der Waals surface area contributed by atoms with Crippen molar-refractivity contribution in [3.63, 3.8) is 0 Å². The minimum atomic E-state index is -0.479. The van der Waals surface area contributed by atoms with E-state index in [0.717, 1.165) is 43.1 Å². The van der Waals surface area contributed by atoms with Gasteiger partial charge in [0.1, 0.15) is 6.54 Å². The zero-order valence-corrected chi connectivity index (χ0v) is 20.5. The molecule has 2 aromatic carbocycles. The number of nitrogens with one attached hydrogen (secondary N) is 3. The van der Waals surface area contributed by atoms with Crippen LogP contribution in [-0.2, 0) is 9.59 Å². The molecule has 3 heterocycles. The highest BCUT2D eigenvalue weighted by Crippen LogP contribution is 2.27. The largest absolute Gasteiger partial charge is 0.369 e. The van der Waals surface area contributed by atoms with E-state index in [9.17, 15) is 19.2 Å². The fourth-order valence-corrected chi connectivity index (χ4v) is 4.52. The van der Waals surface area contributed by atoms with Crippen molar-refractivity contribution in [2.24, 2.45) is 0 Å². The first-order valence-electron chi connectivity index (χ1n) is 12.1. The molecular formula is C27H28N6O4. The highest BCUT2D eigenvalue weighted by molar-refractivity contribution is 6.31. The van der Waals surface area contributed by atoms with Crippen LogP contribution in [0.2, 0.25) is 0 Å². The summed E-state index contributed by atoms with van der Waals surface area (Å²) in [5.74, 6) is -1.25. The number of fused-ring (bicyclic) bond motifs is 1. The zero-order valence-electron chi connectivity index (χ0n) is 20.5. The number of carbonyl (C=O) groups excluding carboxylic acids is 4. The fourth-order valence-electron chi connectivity index (χ4n) is 4.52. The highest BCUT2D eigenvalue weighted by Gasteiger charge is 2.28. The molecule has 0 aromatic heterocycles. The van der Waals surface area contributed by atoms with Crippen LogP contribution in [0.4, 0.5) is 16.2 Å². The Kier molecular flexibility index (Phi) is 6.74. The van der Waals surface area contributed by atoms with Crippen LogP contribution in [0, 0.1) is 0 Å². The zero-order chi connectivity index (χ0) is 25.9. The molecule has 10 heteroatoms. The Balaban J connectivity index is 1.31. The maximum Gasteiger partial charge on any atom is 0.324 e. The van der Waals surface area contributed by atoms with Crippen molar-refractivity contribution in [1.29, 1.82) is 0 Å². The smallest absolute Gasteiger partial charge is 0.324 e. The van der Waals surface area contributed by atoms with Crippen LogP contribution < -0.4 is 20.9 Å². The summed E-state index contributed by atoms with van der Waals surface area (Å²) in [7, 11) is 2.13. The molecule has 2 saturated heterocycles. The number of benzene rings is 2. The van der Waals surface area contributed by atoms with E-state index in [4.69, 9.17) is 0 Å². The van der Waals surface area contributed by atoms with Gasteiger partial charge in [-0.2, -0.15) is 0 Å². The lowest BCUT2D eigenvalue weighted by molar-refractivity contribution is -0.118. The molecule has 0 radical (unpaired) electrons. The molecule has 0 spiro atoms. The average molecular weight is 501 g/mol. The first-order valence-corrected chi connectivity index (χ1v) is 12.1. The third-order valence-corrected chi connectivity index (χ3v) is 6.67. The first kappa shape index (κ1) is 24.3. The Morgan fingerprint density at radius 2 is 1.65 bits per heavy atom. The van der Waals surface area contributed by atoms with E-state index in [1.54, 1.807) is 36.6 Å². The van der Waals surface area contributed by atoms with Gasteiger partial charge in [-0.25, -0.2) is 4.79 Å². The molecule has 3 aliphatic heterocycles. The van der Waals surface area contributed by atoms with Crippen LogP contribution in [-0.4, -0.2) is 79.9 Å². The van der Waals surface area contributed by atoms with Crippen LogP contribution >= 0.6 is 0 Å². The van der Waals surface area contributed by atoms with Gasteiger partial charge in [0.05, 0.1) is 5.57 Å². The summed E-state index contributed by atoms with van der Waals surface area (Å²) >= 11 is 0. The SMILES string of the molecule is CN1CCN(c2ccc(NC=C3C(=O)NC(=O)c4ccc(C=CCN5CC(=O)NC5=O)cc43)cc2)CC1. The van der Waals surface area contributed by atoms with Crippen molar-refractivity contribution < 1.29 is 19.2 Å². The first-order chi connectivity index (χ1) is 17.9. The molecule has 0 unspecified atom stereocenters. The molecule has 0 saturated carbocycles. The summed E-state index contributed by atoms with van der Waals surface area (Å²) in [5.41, 5.74) is 4.01. The summed E-state index contributed by atoms with van der Waals surface area (Å²) in [4.78, 5) is 54.2. The lowest BCUT2D eigenvalue weighted by atomic mass is 9.93. The van der Waals surface area contributed by atoms with Crippen LogP contribution in [0.5, 0.6) is 0 Å². The van der Waals surface area contributed by atoms with Gasteiger partial charge in [-0.15, -0.1) is 0 Å². The van der Waals surface area contributed by atoms with E-state index in [2.05, 4.69) is 44.9 Å². The lowest BCUT2D eigenvalue weighted by Gasteiger charge is -2.34. The van der Waals surface area contributed by atoms with Crippen molar-refractivity contribution in [3.8, 4) is 0 Å². The van der Waals surface area contributed by atoms with Crippen molar-refractivity contribution >= 4 is 46.8 Å². The van der Waals surface area contributed by atoms with Crippen molar-refractivity contribution in [2.75, 3.05) is 56.5 Å². The molecule has 3 aliphatic rings. The predicted octanol–water partition coefficient (Wildman–Crippen LogP) is 1.73. The molecule has 0 aliphatic carbocycles. The Morgan fingerprint density at radius 1 is 0.892 bits per heavy atom. The number of carbonyl (C=O) groups is 4. The van der Waals surface area contributed by atoms with Crippen LogP contribution in [0.3, 0.4) is 0 Å². The molecule has 10 nitrogen and oxygen atoms in total. The second-order valence-electron chi connectivity index (χ2n) is 9.26. The number of hydrogen-bond acceptors (Lipinski definition) is 7. The molecule has 2 fully saturated rings. The van der Waals surface area contributed by atoms with Gasteiger partial charge < -0.3 is 20.0 Å². The van der Waals surface area contributed by atoms with E-state index in [1.807, 2.05) is 12.1 Å². The summed E-state index contributed by atoms with van der Waals surface area (Å²) < 4.78 is 0. The van der Waals surface area contributed by atoms with Crippen molar-refractivity contribution in [2.45, 2.75) is 0 Å². The molecule has 5 amide bonds. The Hall–Kier alpha value is -4.44. The fraction of sp³-hybridized carbons (Fsp3) is 0.259. The van der Waals surface area contributed by atoms with Gasteiger partial charge >= 0.3 is 6.03 Å². The number of piperazine rings is 1. The average Bonchev–Trinajstić information content (AvgIpc) is 3.21. The molecular weight excluding hydrogens is 472 g/mol. The monoisotopic (exact) mass is 500 g/mol. The number of amides is 5. The van der Waals surface area contributed by atoms with E-state index in [-0.39, 0.29) is 19.0 Å². The van der Waals surface area contributed by atoms with Gasteiger partial charge in [-0.1, -0.05) is 18.2 Å². The summed E-state index contributed by atoms with van der Waals surface area (Å²) in [5, 5.41) is 7.81. The molecule has 190 valence electrons. The number of urea groups is 1. The molecule has 5 rings (SSSR count). The van der Waals surface area contributed by atoms with Crippen LogP contribution in [0.25, 0.3) is 11.6 Å².